The summed E-state index contributed by atoms with van der Waals surface area (Å²) in [5.74, 6) is 3.68. The first-order valence-electron chi connectivity index (χ1n) is 8.11. The number of ether oxygens (including phenoxy) is 2. The van der Waals surface area contributed by atoms with Crippen molar-refractivity contribution in [2.24, 2.45) is 5.92 Å². The Morgan fingerprint density at radius 1 is 1.38 bits per heavy atom. The summed E-state index contributed by atoms with van der Waals surface area (Å²) >= 11 is 6.12. The van der Waals surface area contributed by atoms with E-state index in [1.54, 1.807) is 19.1 Å². The Morgan fingerprint density at radius 3 is 2.71 bits per heavy atom. The van der Waals surface area contributed by atoms with E-state index in [0.717, 1.165) is 32.5 Å². The molecule has 1 atom stereocenters. The Kier molecular flexibility index (Phi) is 5.17. The second-order valence-electron chi connectivity index (χ2n) is 6.16. The molecule has 1 unspecified atom stereocenters. The lowest BCUT2D eigenvalue weighted by atomic mass is 9.84. The summed E-state index contributed by atoms with van der Waals surface area (Å²) in [4.78, 5) is 15.2. The normalized spacial score (nSPS) is 24.7. The van der Waals surface area contributed by atoms with Gasteiger partial charge in [0.15, 0.2) is 11.5 Å². The summed E-state index contributed by atoms with van der Waals surface area (Å²) in [6, 6.07) is 3.36. The third-order valence-corrected chi connectivity index (χ3v) is 4.93. The van der Waals surface area contributed by atoms with Gasteiger partial charge in [-0.05, 0) is 37.9 Å². The Labute approximate surface area is 147 Å². The molecule has 2 bridgehead atoms. The van der Waals surface area contributed by atoms with Crippen molar-refractivity contribution in [2.75, 3.05) is 26.7 Å². The fraction of sp³-hybridized carbons (Fsp3) is 0.500. The molecule has 128 valence electrons. The van der Waals surface area contributed by atoms with Crippen LogP contribution in [-0.2, 0) is 0 Å². The summed E-state index contributed by atoms with van der Waals surface area (Å²) in [7, 11) is 1.51. The molecule has 1 amide bonds. The highest BCUT2D eigenvalue weighted by Gasteiger charge is 2.35. The number of piperidine rings is 3. The lowest BCUT2D eigenvalue weighted by Gasteiger charge is -2.44. The molecule has 5 nitrogen and oxygen atoms in total. The van der Waals surface area contributed by atoms with Crippen molar-refractivity contribution in [1.29, 1.82) is 0 Å². The topological polar surface area (TPSA) is 50.8 Å². The minimum atomic E-state index is -0.206. The molecule has 0 aliphatic carbocycles. The van der Waals surface area contributed by atoms with Gasteiger partial charge in [-0.1, -0.05) is 17.5 Å². The maximum absolute atomic E-state index is 12.8. The van der Waals surface area contributed by atoms with Crippen LogP contribution in [0.4, 0.5) is 0 Å². The highest BCUT2D eigenvalue weighted by molar-refractivity contribution is 6.31. The summed E-state index contributed by atoms with van der Waals surface area (Å²) in [5, 5.41) is 3.56. The van der Waals surface area contributed by atoms with Gasteiger partial charge in [-0.2, -0.15) is 0 Å². The van der Waals surface area contributed by atoms with Crippen molar-refractivity contribution < 1.29 is 14.3 Å². The molecule has 3 heterocycles. The van der Waals surface area contributed by atoms with E-state index in [1.165, 1.54) is 7.11 Å². The number of fused-ring (bicyclic) bond motifs is 3. The number of nitrogens with zero attached hydrogens (tertiary/aromatic N) is 1. The predicted octanol–water partition coefficient (Wildman–Crippen LogP) is 2.53. The van der Waals surface area contributed by atoms with Gasteiger partial charge >= 0.3 is 0 Å². The summed E-state index contributed by atoms with van der Waals surface area (Å²) < 4.78 is 10.7. The fourth-order valence-corrected chi connectivity index (χ4v) is 3.68. The van der Waals surface area contributed by atoms with Gasteiger partial charge in [0.1, 0.15) is 6.11 Å². The van der Waals surface area contributed by atoms with E-state index in [0.29, 0.717) is 28.0 Å². The van der Waals surface area contributed by atoms with Crippen LogP contribution in [0.25, 0.3) is 0 Å². The molecule has 3 fully saturated rings. The standard InChI is InChI=1S/C18H21ClN2O3/c1-3-8-24-17-14(9-13(19)10-16(17)23-2)18(22)20-15-11-21-6-4-12(15)5-7-21/h9-10,12,15H,4-7,11H2,1-2H3,(H,20,22). The van der Waals surface area contributed by atoms with Gasteiger partial charge in [-0.25, -0.2) is 0 Å². The number of halogens is 1. The van der Waals surface area contributed by atoms with Gasteiger partial charge in [-0.3, -0.25) is 4.79 Å². The van der Waals surface area contributed by atoms with Gasteiger partial charge in [0.2, 0.25) is 0 Å². The first-order valence-corrected chi connectivity index (χ1v) is 8.49. The van der Waals surface area contributed by atoms with Crippen LogP contribution in [0.15, 0.2) is 12.1 Å². The van der Waals surface area contributed by atoms with E-state index >= 15 is 0 Å². The Balaban J connectivity index is 1.85. The zero-order valence-electron chi connectivity index (χ0n) is 13.9. The maximum atomic E-state index is 12.8. The molecule has 1 aromatic carbocycles. The van der Waals surface area contributed by atoms with Crippen LogP contribution >= 0.6 is 11.6 Å². The third kappa shape index (κ3) is 3.45. The Hall–Kier alpha value is -1.90. The number of hydrogen-bond acceptors (Lipinski definition) is 4. The van der Waals surface area contributed by atoms with E-state index in [-0.39, 0.29) is 11.9 Å². The van der Waals surface area contributed by atoms with Crippen molar-refractivity contribution in [3.8, 4) is 23.5 Å². The van der Waals surface area contributed by atoms with E-state index in [4.69, 9.17) is 21.1 Å². The maximum Gasteiger partial charge on any atom is 0.255 e. The summed E-state index contributed by atoms with van der Waals surface area (Å²) in [6.07, 6.45) is 4.79. The molecule has 0 radical (unpaired) electrons. The molecule has 3 saturated heterocycles. The molecule has 0 spiro atoms. The number of carbonyl (C=O) groups excluding carboxylic acids is 1. The quantitative estimate of drug-likeness (QED) is 0.850. The Bertz CT molecular complexity index is 687. The molecule has 3 aliphatic heterocycles. The van der Waals surface area contributed by atoms with Gasteiger partial charge in [0, 0.05) is 30.6 Å². The molecule has 4 rings (SSSR count). The molecular weight excluding hydrogens is 328 g/mol. The number of rotatable bonds is 4. The molecule has 1 aromatic rings. The van der Waals surface area contributed by atoms with Gasteiger partial charge < -0.3 is 19.7 Å². The smallest absolute Gasteiger partial charge is 0.255 e. The second kappa shape index (κ2) is 7.33. The highest BCUT2D eigenvalue weighted by Crippen LogP contribution is 2.35. The number of carbonyl (C=O) groups is 1. The van der Waals surface area contributed by atoms with Crippen LogP contribution in [0.3, 0.4) is 0 Å². The third-order valence-electron chi connectivity index (χ3n) is 4.71. The van der Waals surface area contributed by atoms with Crippen LogP contribution in [0.1, 0.15) is 30.1 Å². The van der Waals surface area contributed by atoms with E-state index in [9.17, 15) is 4.79 Å². The lowest BCUT2D eigenvalue weighted by Crippen LogP contribution is -2.57. The van der Waals surface area contributed by atoms with Crippen molar-refractivity contribution >= 4 is 17.5 Å². The van der Waals surface area contributed by atoms with Crippen LogP contribution in [0, 0.1) is 17.9 Å². The van der Waals surface area contributed by atoms with Gasteiger partial charge in [-0.15, -0.1) is 0 Å². The van der Waals surface area contributed by atoms with Crippen LogP contribution in [-0.4, -0.2) is 43.6 Å². The first-order chi connectivity index (χ1) is 11.6. The molecule has 1 N–H and O–H groups in total. The zero-order chi connectivity index (χ0) is 17.1. The molecule has 6 heteroatoms. The van der Waals surface area contributed by atoms with E-state index in [2.05, 4.69) is 22.2 Å². The average molecular weight is 349 g/mol. The van der Waals surface area contributed by atoms with Crippen LogP contribution < -0.4 is 14.8 Å². The Morgan fingerprint density at radius 2 is 2.12 bits per heavy atom. The van der Waals surface area contributed by atoms with Gasteiger partial charge in [0.05, 0.1) is 12.7 Å². The fourth-order valence-electron chi connectivity index (χ4n) is 3.47. The second-order valence-corrected chi connectivity index (χ2v) is 6.59. The lowest BCUT2D eigenvalue weighted by molar-refractivity contribution is 0.0619. The number of nitrogens with one attached hydrogen (secondary N) is 1. The van der Waals surface area contributed by atoms with E-state index in [1.807, 2.05) is 0 Å². The zero-order valence-corrected chi connectivity index (χ0v) is 14.7. The molecule has 0 aromatic heterocycles. The summed E-state index contributed by atoms with van der Waals surface area (Å²) in [5.41, 5.74) is 0.346. The first kappa shape index (κ1) is 16.9. The average Bonchev–Trinajstić information content (AvgIpc) is 2.60. The van der Waals surface area contributed by atoms with Crippen molar-refractivity contribution in [3.05, 3.63) is 22.7 Å². The predicted molar refractivity (Wildman–Crippen MR) is 92.5 cm³/mol. The van der Waals surface area contributed by atoms with Crippen molar-refractivity contribution in [2.45, 2.75) is 25.8 Å². The number of benzene rings is 1. The number of hydrogen-bond donors (Lipinski definition) is 1. The van der Waals surface area contributed by atoms with Crippen LogP contribution in [0.5, 0.6) is 11.5 Å². The molecular formula is C18H21ClN2O3. The monoisotopic (exact) mass is 348 g/mol. The van der Waals surface area contributed by atoms with Crippen LogP contribution in [0.2, 0.25) is 5.02 Å². The number of methoxy groups -OCH3 is 1. The SMILES string of the molecule is CC#COc1c(OC)cc(Cl)cc1C(=O)NC1CN2CCC1CC2. The molecule has 3 aliphatic rings. The molecule has 24 heavy (non-hydrogen) atoms. The minimum Gasteiger partial charge on any atom is -0.493 e. The molecule has 0 saturated carbocycles. The van der Waals surface area contributed by atoms with Gasteiger partial charge in [0.25, 0.3) is 5.91 Å². The highest BCUT2D eigenvalue weighted by atomic mass is 35.5. The number of amides is 1. The van der Waals surface area contributed by atoms with Crippen molar-refractivity contribution in [3.63, 3.8) is 0 Å². The largest absolute Gasteiger partial charge is 0.493 e. The van der Waals surface area contributed by atoms with E-state index < -0.39 is 0 Å². The summed E-state index contributed by atoms with van der Waals surface area (Å²) in [6.45, 7) is 4.82. The van der Waals surface area contributed by atoms with Crippen molar-refractivity contribution in [1.82, 2.24) is 10.2 Å². The minimum absolute atomic E-state index is 0.162.